The second-order valence-electron chi connectivity index (χ2n) is 7.62. The number of carbonyl (C=O) groups is 3. The molecule has 1 heterocycles. The predicted octanol–water partition coefficient (Wildman–Crippen LogP) is 3.54. The molecular formula is C26H27N5O4. The quantitative estimate of drug-likeness (QED) is 0.373. The lowest BCUT2D eigenvalue weighted by atomic mass is 9.95. The molecule has 4 N–H and O–H groups in total. The van der Waals surface area contributed by atoms with Crippen molar-refractivity contribution in [3.8, 4) is 23.5 Å². The van der Waals surface area contributed by atoms with Crippen molar-refractivity contribution < 1.29 is 19.1 Å². The number of terminal acetylenes is 1. The van der Waals surface area contributed by atoms with E-state index >= 15 is 0 Å². The molecule has 35 heavy (non-hydrogen) atoms. The van der Waals surface area contributed by atoms with E-state index in [1.54, 1.807) is 12.3 Å². The number of rotatable bonds is 8. The highest BCUT2D eigenvalue weighted by atomic mass is 16.5. The zero-order chi connectivity index (χ0) is 25.2. The van der Waals surface area contributed by atoms with Crippen LogP contribution < -0.4 is 21.3 Å². The monoisotopic (exact) mass is 473 g/mol. The van der Waals surface area contributed by atoms with Gasteiger partial charge < -0.3 is 20.7 Å². The number of benzene rings is 2. The Morgan fingerprint density at radius 1 is 1.03 bits per heavy atom. The van der Waals surface area contributed by atoms with Gasteiger partial charge in [-0.05, 0) is 46.7 Å². The summed E-state index contributed by atoms with van der Waals surface area (Å²) in [5, 5.41) is 12.5. The first kappa shape index (κ1) is 25.1. The third-order valence-electron chi connectivity index (χ3n) is 5.06. The molecule has 4 amide bonds. The van der Waals surface area contributed by atoms with Gasteiger partial charge in [0.25, 0.3) is 0 Å². The summed E-state index contributed by atoms with van der Waals surface area (Å²) in [7, 11) is 0. The second-order valence-corrected chi connectivity index (χ2v) is 7.62. The van der Waals surface area contributed by atoms with Crippen LogP contribution in [-0.4, -0.2) is 36.2 Å². The van der Waals surface area contributed by atoms with Crippen molar-refractivity contribution in [3.63, 3.8) is 0 Å². The average molecular weight is 474 g/mol. The van der Waals surface area contributed by atoms with E-state index in [0.29, 0.717) is 18.9 Å². The van der Waals surface area contributed by atoms with Crippen LogP contribution in [0.15, 0.2) is 48.7 Å². The fourth-order valence-electron chi connectivity index (χ4n) is 3.49. The van der Waals surface area contributed by atoms with Gasteiger partial charge in [0.1, 0.15) is 5.82 Å². The van der Waals surface area contributed by atoms with E-state index in [1.165, 1.54) is 6.92 Å². The number of pyridine rings is 1. The van der Waals surface area contributed by atoms with Gasteiger partial charge in [-0.2, -0.15) is 0 Å². The maximum atomic E-state index is 12.0. The summed E-state index contributed by atoms with van der Waals surface area (Å²) in [6.45, 7) is 4.28. The molecule has 1 aromatic heterocycles. The summed E-state index contributed by atoms with van der Waals surface area (Å²) < 4.78 is 4.87. The number of hydrogen-bond acceptors (Lipinski definition) is 5. The zero-order valence-electron chi connectivity index (χ0n) is 19.6. The molecule has 0 aliphatic heterocycles. The fraction of sp³-hybridized carbons (Fsp3) is 0.231. The number of hydrogen-bond donors (Lipinski definition) is 4. The van der Waals surface area contributed by atoms with Crippen LogP contribution in [0.5, 0.6) is 0 Å². The van der Waals surface area contributed by atoms with E-state index in [0.717, 1.165) is 33.0 Å². The van der Waals surface area contributed by atoms with Gasteiger partial charge in [-0.15, -0.1) is 6.42 Å². The summed E-state index contributed by atoms with van der Waals surface area (Å²) in [4.78, 5) is 39.6. The number of nitrogens with zero attached hydrogens (tertiary/aromatic N) is 1. The largest absolute Gasteiger partial charge is 0.436 e. The Kier molecular flexibility index (Phi) is 8.62. The molecule has 3 rings (SSSR count). The van der Waals surface area contributed by atoms with E-state index in [4.69, 9.17) is 11.2 Å². The smallest absolute Gasteiger partial charge is 0.408 e. The highest BCUT2D eigenvalue weighted by molar-refractivity contribution is 6.01. The highest BCUT2D eigenvalue weighted by Crippen LogP contribution is 2.32. The number of alkyl carbamates (subject to hydrolysis) is 1. The number of urea groups is 1. The first-order valence-electron chi connectivity index (χ1n) is 11.1. The van der Waals surface area contributed by atoms with E-state index < -0.39 is 6.09 Å². The molecule has 0 saturated heterocycles. The van der Waals surface area contributed by atoms with Crippen LogP contribution in [-0.2, 0) is 22.6 Å². The van der Waals surface area contributed by atoms with E-state index in [-0.39, 0.29) is 25.1 Å². The van der Waals surface area contributed by atoms with Crippen molar-refractivity contribution in [2.24, 2.45) is 0 Å². The van der Waals surface area contributed by atoms with E-state index in [9.17, 15) is 14.4 Å². The molecule has 0 radical (unpaired) electrons. The van der Waals surface area contributed by atoms with Gasteiger partial charge in [0, 0.05) is 38.1 Å². The number of anilines is 1. The Balaban J connectivity index is 2.01. The fourth-order valence-corrected chi connectivity index (χ4v) is 3.49. The van der Waals surface area contributed by atoms with Crippen LogP contribution in [0.3, 0.4) is 0 Å². The Morgan fingerprint density at radius 3 is 2.60 bits per heavy atom. The van der Waals surface area contributed by atoms with Crippen LogP contribution >= 0.6 is 0 Å². The minimum Gasteiger partial charge on any atom is -0.436 e. The Labute approximate surface area is 203 Å². The summed E-state index contributed by atoms with van der Waals surface area (Å²) in [6, 6.07) is 13.1. The van der Waals surface area contributed by atoms with Gasteiger partial charge >= 0.3 is 12.1 Å². The van der Waals surface area contributed by atoms with E-state index in [1.807, 2.05) is 43.3 Å². The lowest BCUT2D eigenvalue weighted by molar-refractivity contribution is -0.119. The van der Waals surface area contributed by atoms with Crippen molar-refractivity contribution in [1.29, 1.82) is 0 Å². The SMILES string of the molecule is C#CCOC(=O)NCc1ccc(-c2cccc(CNC(C)=O)c2)c2cc(NC(=O)NCC)ncc12. The first-order valence-corrected chi connectivity index (χ1v) is 11.1. The van der Waals surface area contributed by atoms with Crippen molar-refractivity contribution in [2.75, 3.05) is 18.5 Å². The highest BCUT2D eigenvalue weighted by Gasteiger charge is 2.13. The Hall–Kier alpha value is -4.58. The van der Waals surface area contributed by atoms with Gasteiger partial charge in [0.2, 0.25) is 5.91 Å². The summed E-state index contributed by atoms with van der Waals surface area (Å²) in [5.41, 5.74) is 3.60. The molecule has 180 valence electrons. The number of ether oxygens (including phenoxy) is 1. The Morgan fingerprint density at radius 2 is 1.86 bits per heavy atom. The van der Waals surface area contributed by atoms with Crippen molar-refractivity contribution >= 4 is 34.6 Å². The average Bonchev–Trinajstić information content (AvgIpc) is 2.84. The first-order chi connectivity index (χ1) is 16.9. The molecule has 0 aliphatic rings. The molecule has 0 spiro atoms. The van der Waals surface area contributed by atoms with Crippen LogP contribution in [0.4, 0.5) is 15.4 Å². The molecule has 9 nitrogen and oxygen atoms in total. The van der Waals surface area contributed by atoms with Gasteiger partial charge in [-0.3, -0.25) is 10.1 Å². The molecule has 0 fully saturated rings. The van der Waals surface area contributed by atoms with Crippen molar-refractivity contribution in [2.45, 2.75) is 26.9 Å². The van der Waals surface area contributed by atoms with Crippen LogP contribution in [0.2, 0.25) is 0 Å². The molecule has 2 aromatic carbocycles. The van der Waals surface area contributed by atoms with Crippen LogP contribution in [0.1, 0.15) is 25.0 Å². The molecule has 0 saturated carbocycles. The van der Waals surface area contributed by atoms with Crippen LogP contribution in [0.25, 0.3) is 21.9 Å². The predicted molar refractivity (Wildman–Crippen MR) is 134 cm³/mol. The number of carbonyl (C=O) groups excluding carboxylic acids is 3. The maximum Gasteiger partial charge on any atom is 0.408 e. The summed E-state index contributed by atoms with van der Waals surface area (Å²) in [5.74, 6) is 2.53. The molecule has 3 aromatic rings. The topological polar surface area (TPSA) is 121 Å². The van der Waals surface area contributed by atoms with Gasteiger partial charge in [-0.25, -0.2) is 14.6 Å². The van der Waals surface area contributed by atoms with Gasteiger partial charge in [0.05, 0.1) is 0 Å². The zero-order valence-corrected chi connectivity index (χ0v) is 19.6. The number of fused-ring (bicyclic) bond motifs is 1. The van der Waals surface area contributed by atoms with Crippen LogP contribution in [0, 0.1) is 12.3 Å². The third kappa shape index (κ3) is 6.95. The van der Waals surface area contributed by atoms with E-state index in [2.05, 4.69) is 32.2 Å². The number of aromatic nitrogens is 1. The number of nitrogens with one attached hydrogen (secondary N) is 4. The maximum absolute atomic E-state index is 12.0. The number of amides is 4. The molecular weight excluding hydrogens is 446 g/mol. The minimum absolute atomic E-state index is 0.106. The van der Waals surface area contributed by atoms with Gasteiger partial charge in [0.15, 0.2) is 6.61 Å². The minimum atomic E-state index is -0.617. The third-order valence-corrected chi connectivity index (χ3v) is 5.06. The standard InChI is InChI=1S/C26H27N5O4/c1-4-11-35-26(34)30-15-20-9-10-21(19-8-6-7-18(12-19)14-28-17(3)32)22-13-24(29-16-23(20)22)31-25(33)27-5-2/h1,6-10,12-13,16H,5,11,14-15H2,2-3H3,(H,28,32)(H,30,34)(H2,27,29,31,33). The second kappa shape index (κ2) is 12.0. The molecule has 9 heteroatoms. The normalized spacial score (nSPS) is 10.2. The van der Waals surface area contributed by atoms with Gasteiger partial charge in [-0.1, -0.05) is 36.3 Å². The van der Waals surface area contributed by atoms with Crippen molar-refractivity contribution in [3.05, 3.63) is 59.8 Å². The summed E-state index contributed by atoms with van der Waals surface area (Å²) in [6.07, 6.45) is 6.16. The molecule has 0 aliphatic carbocycles. The summed E-state index contributed by atoms with van der Waals surface area (Å²) >= 11 is 0. The molecule has 0 atom stereocenters. The Bertz CT molecular complexity index is 1280. The molecule has 0 bridgehead atoms. The molecule has 0 unspecified atom stereocenters. The lowest BCUT2D eigenvalue weighted by Crippen LogP contribution is -2.28. The lowest BCUT2D eigenvalue weighted by Gasteiger charge is -2.14. The van der Waals surface area contributed by atoms with Crippen molar-refractivity contribution in [1.82, 2.24) is 20.9 Å².